The number of carbonyl (C=O) groups excluding carboxylic acids is 1. The molecule has 2 fully saturated rings. The number of amides is 1. The number of ether oxygens (including phenoxy) is 1. The highest BCUT2D eigenvalue weighted by atomic mass is 35.5. The molecule has 2 N–H and O–H groups in total. The van der Waals surface area contributed by atoms with Crippen molar-refractivity contribution in [2.75, 3.05) is 20.1 Å². The van der Waals surface area contributed by atoms with Crippen LogP contribution in [0.1, 0.15) is 37.5 Å². The minimum absolute atomic E-state index is 0.163. The number of H-pyrrole nitrogens is 1. The van der Waals surface area contributed by atoms with Gasteiger partial charge in [-0.05, 0) is 57.1 Å². The minimum Gasteiger partial charge on any atom is -0.486 e. The summed E-state index contributed by atoms with van der Waals surface area (Å²) in [4.78, 5) is 23.5. The Morgan fingerprint density at radius 3 is 2.82 bits per heavy atom. The fraction of sp³-hybridized carbons (Fsp3) is 0.321. The van der Waals surface area contributed by atoms with Gasteiger partial charge in [0, 0.05) is 53.2 Å². The van der Waals surface area contributed by atoms with E-state index >= 15 is 0 Å². The van der Waals surface area contributed by atoms with Crippen molar-refractivity contribution < 1.29 is 9.53 Å². The molecule has 5 aromatic rings. The number of aromatic nitrogens is 6. The maximum absolute atomic E-state index is 12.7. The van der Waals surface area contributed by atoms with Gasteiger partial charge in [-0.25, -0.2) is 0 Å². The first-order valence-corrected chi connectivity index (χ1v) is 13.4. The lowest BCUT2D eigenvalue weighted by atomic mass is 10.1. The van der Waals surface area contributed by atoms with E-state index in [0.29, 0.717) is 23.9 Å². The topological polar surface area (TPSA) is 114 Å². The van der Waals surface area contributed by atoms with Crippen LogP contribution in [0.25, 0.3) is 33.2 Å². The zero-order valence-corrected chi connectivity index (χ0v) is 22.3. The Hall–Kier alpha value is -4.02. The van der Waals surface area contributed by atoms with Gasteiger partial charge in [0.1, 0.15) is 17.5 Å². The summed E-state index contributed by atoms with van der Waals surface area (Å²) in [5, 5.41) is 17.0. The molecule has 1 saturated carbocycles. The van der Waals surface area contributed by atoms with E-state index in [9.17, 15) is 4.79 Å². The molecule has 2 aromatic carbocycles. The summed E-state index contributed by atoms with van der Waals surface area (Å²) in [7, 11) is 1.86. The first kappa shape index (κ1) is 24.1. The van der Waals surface area contributed by atoms with E-state index in [1.54, 1.807) is 18.5 Å². The largest absolute Gasteiger partial charge is 0.486 e. The van der Waals surface area contributed by atoms with Crippen LogP contribution in [0.15, 0.2) is 55.1 Å². The molecule has 0 bridgehead atoms. The van der Waals surface area contributed by atoms with Crippen LogP contribution >= 0.6 is 11.6 Å². The molecule has 1 aliphatic carbocycles. The highest BCUT2D eigenvalue weighted by molar-refractivity contribution is 6.31. The summed E-state index contributed by atoms with van der Waals surface area (Å²) in [6.07, 6.45) is 8.66. The predicted molar refractivity (Wildman–Crippen MR) is 148 cm³/mol. The second kappa shape index (κ2) is 9.03. The molecule has 0 radical (unpaired) electrons. The van der Waals surface area contributed by atoms with E-state index in [0.717, 1.165) is 51.6 Å². The molecule has 1 atom stereocenters. The van der Waals surface area contributed by atoms with Crippen LogP contribution in [0, 0.1) is 0 Å². The number of rotatable bonds is 7. The normalized spacial score (nSPS) is 17.4. The van der Waals surface area contributed by atoms with Crippen LogP contribution in [-0.4, -0.2) is 66.4 Å². The molecule has 11 heteroatoms. The van der Waals surface area contributed by atoms with Gasteiger partial charge in [0.05, 0.1) is 34.3 Å². The molecule has 1 saturated heterocycles. The molecule has 2 aliphatic rings. The number of likely N-dealkylation sites (tertiary alicyclic amines) is 1. The number of hydrogen-bond acceptors (Lipinski definition) is 7. The van der Waals surface area contributed by atoms with Gasteiger partial charge in [0.15, 0.2) is 0 Å². The third-order valence-electron chi connectivity index (χ3n) is 7.89. The number of hydrogen-bond donors (Lipinski definition) is 2. The molecule has 1 amide bonds. The van der Waals surface area contributed by atoms with Crippen LogP contribution in [-0.2, 0) is 4.79 Å². The lowest BCUT2D eigenvalue weighted by Crippen LogP contribution is -2.57. The number of likely N-dealkylation sites (N-methyl/N-ethyl adjacent to an activating group) is 1. The molecular formula is C28H27ClN8O2. The van der Waals surface area contributed by atoms with E-state index in [-0.39, 0.29) is 23.6 Å². The monoisotopic (exact) mass is 542 g/mol. The lowest BCUT2D eigenvalue weighted by Gasteiger charge is -2.41. The second-order valence-corrected chi connectivity index (χ2v) is 10.8. The van der Waals surface area contributed by atoms with Crippen molar-refractivity contribution in [3.8, 4) is 17.0 Å². The molecule has 1 aliphatic heterocycles. The zero-order chi connectivity index (χ0) is 26.7. The number of carbonyl (C=O) groups is 1. The highest BCUT2D eigenvalue weighted by Crippen LogP contribution is 2.39. The molecule has 198 valence electrons. The average Bonchev–Trinajstić information content (AvgIpc) is 3.39. The molecule has 39 heavy (non-hydrogen) atoms. The Morgan fingerprint density at radius 2 is 2.03 bits per heavy atom. The maximum atomic E-state index is 12.7. The molecule has 0 spiro atoms. The Labute approximate surface area is 229 Å². The molecule has 10 nitrogen and oxygen atoms in total. The van der Waals surface area contributed by atoms with E-state index in [4.69, 9.17) is 16.3 Å². The summed E-state index contributed by atoms with van der Waals surface area (Å²) in [6, 6.07) is 9.69. The van der Waals surface area contributed by atoms with Crippen molar-refractivity contribution in [2.45, 2.75) is 37.5 Å². The standard InChI is InChI=1S/C28H27ClN8O2/c1-16(21-9-18(29)10-24-26(21)32-8-7-31-24)39-20-3-4-23-22(11-20)25(35-34-23)17-12-33-37(13-17)19-14-36(15-19)27(38)28(30-2)5-6-28/h3-4,7-13,16,19,30H,5-6,14-15H2,1-2H3,(H,34,35). The van der Waals surface area contributed by atoms with Gasteiger partial charge in [-0.1, -0.05) is 11.6 Å². The average molecular weight is 543 g/mol. The number of nitrogens with one attached hydrogen (secondary N) is 2. The molecule has 3 aromatic heterocycles. The van der Waals surface area contributed by atoms with Crippen molar-refractivity contribution in [2.24, 2.45) is 0 Å². The van der Waals surface area contributed by atoms with E-state index in [2.05, 4.69) is 30.6 Å². The summed E-state index contributed by atoms with van der Waals surface area (Å²) in [5.41, 5.74) is 4.64. The minimum atomic E-state index is -0.335. The first-order chi connectivity index (χ1) is 18.9. The number of halogens is 1. The molecule has 1 unspecified atom stereocenters. The Balaban J connectivity index is 1.10. The van der Waals surface area contributed by atoms with Crippen LogP contribution in [0.2, 0.25) is 5.02 Å². The zero-order valence-electron chi connectivity index (χ0n) is 21.6. The third-order valence-corrected chi connectivity index (χ3v) is 8.11. The fourth-order valence-corrected chi connectivity index (χ4v) is 5.60. The summed E-state index contributed by atoms with van der Waals surface area (Å²) < 4.78 is 8.28. The summed E-state index contributed by atoms with van der Waals surface area (Å²) in [6.45, 7) is 3.31. The molecule has 4 heterocycles. The van der Waals surface area contributed by atoms with Crippen molar-refractivity contribution >= 4 is 39.4 Å². The van der Waals surface area contributed by atoms with Crippen LogP contribution < -0.4 is 10.1 Å². The Morgan fingerprint density at radius 1 is 1.21 bits per heavy atom. The smallest absolute Gasteiger partial charge is 0.243 e. The molecule has 7 rings (SSSR count). The van der Waals surface area contributed by atoms with Crippen molar-refractivity contribution in [1.29, 1.82) is 0 Å². The van der Waals surface area contributed by atoms with Gasteiger partial charge in [-0.2, -0.15) is 10.2 Å². The molecular weight excluding hydrogens is 516 g/mol. The van der Waals surface area contributed by atoms with Gasteiger partial charge in [0.2, 0.25) is 5.91 Å². The summed E-state index contributed by atoms with van der Waals surface area (Å²) in [5.74, 6) is 0.903. The van der Waals surface area contributed by atoms with Gasteiger partial charge in [0.25, 0.3) is 0 Å². The SMILES string of the molecule is CNC1(C(=O)N2CC(n3cc(-c4n[nH]c5ccc(OC(C)c6cc(Cl)cc7nccnc67)cc45)cn3)C2)CC1. The number of nitrogens with zero attached hydrogens (tertiary/aromatic N) is 6. The lowest BCUT2D eigenvalue weighted by molar-refractivity contribution is -0.140. The third kappa shape index (κ3) is 4.11. The van der Waals surface area contributed by atoms with Crippen LogP contribution in [0.5, 0.6) is 5.75 Å². The van der Waals surface area contributed by atoms with Crippen molar-refractivity contribution in [1.82, 2.24) is 40.2 Å². The second-order valence-electron chi connectivity index (χ2n) is 10.4. The van der Waals surface area contributed by atoms with Crippen molar-refractivity contribution in [3.63, 3.8) is 0 Å². The van der Waals surface area contributed by atoms with E-state index in [1.165, 1.54) is 0 Å². The van der Waals surface area contributed by atoms with Gasteiger partial charge in [-0.3, -0.25) is 24.5 Å². The maximum Gasteiger partial charge on any atom is 0.243 e. The van der Waals surface area contributed by atoms with Crippen molar-refractivity contribution in [3.05, 3.63) is 65.7 Å². The number of aromatic amines is 1. The van der Waals surface area contributed by atoms with Gasteiger partial charge >= 0.3 is 0 Å². The Bertz CT molecular complexity index is 1720. The highest BCUT2D eigenvalue weighted by Gasteiger charge is 2.52. The summed E-state index contributed by atoms with van der Waals surface area (Å²) >= 11 is 6.35. The van der Waals surface area contributed by atoms with Gasteiger partial charge < -0.3 is 15.0 Å². The number of benzene rings is 2. The Kier molecular flexibility index (Phi) is 5.57. The van der Waals surface area contributed by atoms with E-state index in [1.807, 2.05) is 60.2 Å². The number of fused-ring (bicyclic) bond motifs is 2. The van der Waals surface area contributed by atoms with Gasteiger partial charge in [-0.15, -0.1) is 0 Å². The quantitative estimate of drug-likeness (QED) is 0.315. The first-order valence-electron chi connectivity index (χ1n) is 13.0. The van der Waals surface area contributed by atoms with E-state index < -0.39 is 0 Å². The predicted octanol–water partition coefficient (Wildman–Crippen LogP) is 4.30. The van der Waals surface area contributed by atoms with Crippen LogP contribution in [0.4, 0.5) is 0 Å². The van der Waals surface area contributed by atoms with Crippen LogP contribution in [0.3, 0.4) is 0 Å². The fourth-order valence-electron chi connectivity index (χ4n) is 5.38.